The van der Waals surface area contributed by atoms with E-state index in [4.69, 9.17) is 5.26 Å². The van der Waals surface area contributed by atoms with Gasteiger partial charge in [0.15, 0.2) is 15.8 Å². The van der Waals surface area contributed by atoms with Crippen molar-refractivity contribution in [1.82, 2.24) is 5.32 Å². The van der Waals surface area contributed by atoms with E-state index in [0.717, 1.165) is 6.07 Å². The minimum Gasteiger partial charge on any atom is -0.355 e. The first-order chi connectivity index (χ1) is 8.12. The summed E-state index contributed by atoms with van der Waals surface area (Å²) in [4.78, 5) is 11.1. The number of halogens is 3. The van der Waals surface area contributed by atoms with Crippen molar-refractivity contribution in [1.29, 1.82) is 5.26 Å². The normalized spacial score (nSPS) is 13.7. The highest BCUT2D eigenvalue weighted by molar-refractivity contribution is 7.92. The molecule has 0 fully saturated rings. The predicted octanol–water partition coefficient (Wildman–Crippen LogP) is 0.629. The number of carbonyl (C=O) groups excluding carboxylic acids is 1. The van der Waals surface area contributed by atoms with Crippen LogP contribution in [-0.4, -0.2) is 38.6 Å². The van der Waals surface area contributed by atoms with Gasteiger partial charge in [0.1, 0.15) is 5.75 Å². The zero-order valence-corrected chi connectivity index (χ0v) is 10.4. The highest BCUT2D eigenvalue weighted by Gasteiger charge is 2.43. The van der Waals surface area contributed by atoms with Crippen molar-refractivity contribution >= 4 is 15.7 Å². The molecule has 0 aliphatic carbocycles. The number of hydrogen-bond donors (Lipinski definition) is 1. The summed E-state index contributed by atoms with van der Waals surface area (Å²) in [6, 6.07) is 0.879. The van der Waals surface area contributed by atoms with E-state index in [1.54, 1.807) is 6.92 Å². The first-order valence-corrected chi connectivity index (χ1v) is 6.88. The summed E-state index contributed by atoms with van der Waals surface area (Å²) in [6.07, 6.45) is -4.34. The molecular formula is C9H13F3N2O3S. The average Bonchev–Trinajstić information content (AvgIpc) is 2.20. The summed E-state index contributed by atoms with van der Waals surface area (Å²) in [5, 5.41) is 10.5. The third-order valence-electron chi connectivity index (χ3n) is 1.89. The Morgan fingerprint density at radius 2 is 2.00 bits per heavy atom. The lowest BCUT2D eigenvalue weighted by molar-refractivity contribution is -0.153. The molecular weight excluding hydrogens is 273 g/mol. The fourth-order valence-electron chi connectivity index (χ4n) is 1.03. The maximum absolute atomic E-state index is 12.2. The Bertz CT molecular complexity index is 425. The molecule has 104 valence electrons. The maximum Gasteiger partial charge on any atom is 0.405 e. The van der Waals surface area contributed by atoms with Crippen molar-refractivity contribution in [2.45, 2.75) is 19.5 Å². The van der Waals surface area contributed by atoms with E-state index < -0.39 is 39.3 Å². The van der Waals surface area contributed by atoms with Gasteiger partial charge in [-0.05, 0) is 6.42 Å². The fourth-order valence-corrected chi connectivity index (χ4v) is 2.42. The molecule has 0 rings (SSSR count). The first-order valence-electron chi connectivity index (χ1n) is 5.06. The number of amides is 1. The van der Waals surface area contributed by atoms with Crippen molar-refractivity contribution < 1.29 is 26.4 Å². The van der Waals surface area contributed by atoms with Crippen molar-refractivity contribution in [3.05, 3.63) is 0 Å². The molecule has 0 aliphatic heterocycles. The van der Waals surface area contributed by atoms with Crippen molar-refractivity contribution in [2.75, 3.05) is 18.1 Å². The van der Waals surface area contributed by atoms with Gasteiger partial charge in [-0.2, -0.15) is 18.4 Å². The standard InChI is InChI=1S/C9H13F3N2O3S/c1-2-3-14-8(15)6-18(16,17)5-7(4-13)9(10,11)12/h7H,2-3,5-6H2,1H3,(H,14,15). The van der Waals surface area contributed by atoms with Crippen LogP contribution < -0.4 is 5.32 Å². The van der Waals surface area contributed by atoms with Crippen LogP contribution in [0.3, 0.4) is 0 Å². The molecule has 1 amide bonds. The highest BCUT2D eigenvalue weighted by Crippen LogP contribution is 2.26. The van der Waals surface area contributed by atoms with E-state index in [1.165, 1.54) is 0 Å². The molecule has 0 bridgehead atoms. The molecule has 0 saturated heterocycles. The maximum atomic E-state index is 12.2. The minimum absolute atomic E-state index is 0.245. The second kappa shape index (κ2) is 6.58. The molecule has 0 aliphatic rings. The lowest BCUT2D eigenvalue weighted by Gasteiger charge is -2.13. The Morgan fingerprint density at radius 3 is 2.39 bits per heavy atom. The molecule has 1 unspecified atom stereocenters. The van der Waals surface area contributed by atoms with Gasteiger partial charge >= 0.3 is 6.18 Å². The van der Waals surface area contributed by atoms with Crippen LogP contribution in [0.4, 0.5) is 13.2 Å². The average molecular weight is 286 g/mol. The fraction of sp³-hybridized carbons (Fsp3) is 0.778. The zero-order chi connectivity index (χ0) is 14.4. The molecule has 0 aromatic heterocycles. The van der Waals surface area contributed by atoms with Gasteiger partial charge in [0, 0.05) is 6.54 Å². The van der Waals surface area contributed by atoms with E-state index in [2.05, 4.69) is 5.32 Å². The Labute approximate surface area is 103 Å². The number of nitrogens with zero attached hydrogens (tertiary/aromatic N) is 1. The topological polar surface area (TPSA) is 87.0 Å². The van der Waals surface area contributed by atoms with Crippen molar-refractivity contribution in [2.24, 2.45) is 5.92 Å². The van der Waals surface area contributed by atoms with Crippen LogP contribution in [0, 0.1) is 17.2 Å². The summed E-state index contributed by atoms with van der Waals surface area (Å²) >= 11 is 0. The number of hydrogen-bond acceptors (Lipinski definition) is 4. The van der Waals surface area contributed by atoms with Crippen molar-refractivity contribution in [3.8, 4) is 6.07 Å². The summed E-state index contributed by atoms with van der Waals surface area (Å²) < 4.78 is 59.2. The Morgan fingerprint density at radius 1 is 1.44 bits per heavy atom. The second-order valence-corrected chi connectivity index (χ2v) is 5.74. The molecule has 1 N–H and O–H groups in total. The predicted molar refractivity (Wildman–Crippen MR) is 57.1 cm³/mol. The van der Waals surface area contributed by atoms with Gasteiger partial charge < -0.3 is 5.32 Å². The summed E-state index contributed by atoms with van der Waals surface area (Å²) in [5.74, 6) is -5.91. The Balaban J connectivity index is 4.58. The molecule has 9 heteroatoms. The molecule has 18 heavy (non-hydrogen) atoms. The Hall–Kier alpha value is -1.30. The number of sulfone groups is 1. The Kier molecular flexibility index (Phi) is 6.11. The number of nitrogens with one attached hydrogen (secondary N) is 1. The smallest absolute Gasteiger partial charge is 0.355 e. The summed E-state index contributed by atoms with van der Waals surface area (Å²) in [6.45, 7) is 1.99. The monoisotopic (exact) mass is 286 g/mol. The van der Waals surface area contributed by atoms with E-state index >= 15 is 0 Å². The van der Waals surface area contributed by atoms with Crippen LogP contribution in [0.15, 0.2) is 0 Å². The minimum atomic E-state index is -4.91. The number of carbonyl (C=O) groups is 1. The van der Waals surface area contributed by atoms with Gasteiger partial charge in [-0.25, -0.2) is 8.42 Å². The molecule has 0 heterocycles. The van der Waals surface area contributed by atoms with Gasteiger partial charge in [0.2, 0.25) is 5.91 Å². The summed E-state index contributed by atoms with van der Waals surface area (Å²) in [5.41, 5.74) is 0. The molecule has 0 aromatic rings. The molecule has 0 aromatic carbocycles. The van der Waals surface area contributed by atoms with Gasteiger partial charge in [-0.15, -0.1) is 0 Å². The lowest BCUT2D eigenvalue weighted by Crippen LogP contribution is -2.35. The molecule has 0 saturated carbocycles. The lowest BCUT2D eigenvalue weighted by atomic mass is 10.2. The first kappa shape index (κ1) is 16.7. The van der Waals surface area contributed by atoms with E-state index in [1.807, 2.05) is 0 Å². The van der Waals surface area contributed by atoms with Crippen LogP contribution in [0.2, 0.25) is 0 Å². The van der Waals surface area contributed by atoms with Crippen molar-refractivity contribution in [3.63, 3.8) is 0 Å². The number of rotatable bonds is 6. The van der Waals surface area contributed by atoms with Crippen LogP contribution in [-0.2, 0) is 14.6 Å². The van der Waals surface area contributed by atoms with E-state index in [9.17, 15) is 26.4 Å². The van der Waals surface area contributed by atoms with Crippen LogP contribution in [0.1, 0.15) is 13.3 Å². The summed E-state index contributed by atoms with van der Waals surface area (Å²) in [7, 11) is -4.26. The van der Waals surface area contributed by atoms with Gasteiger partial charge in [-0.3, -0.25) is 4.79 Å². The molecule has 0 spiro atoms. The van der Waals surface area contributed by atoms with Crippen LogP contribution in [0.25, 0.3) is 0 Å². The van der Waals surface area contributed by atoms with E-state index in [0.29, 0.717) is 6.42 Å². The van der Waals surface area contributed by atoms with E-state index in [-0.39, 0.29) is 6.54 Å². The largest absolute Gasteiger partial charge is 0.405 e. The molecule has 5 nitrogen and oxygen atoms in total. The second-order valence-electron chi connectivity index (χ2n) is 3.63. The molecule has 0 radical (unpaired) electrons. The third kappa shape index (κ3) is 6.44. The van der Waals surface area contributed by atoms with Gasteiger partial charge in [0.05, 0.1) is 11.8 Å². The molecule has 1 atom stereocenters. The SMILES string of the molecule is CCCNC(=O)CS(=O)(=O)CC(C#N)C(F)(F)F. The van der Waals surface area contributed by atoms with Crippen LogP contribution >= 0.6 is 0 Å². The highest BCUT2D eigenvalue weighted by atomic mass is 32.2. The van der Waals surface area contributed by atoms with Gasteiger partial charge in [-0.1, -0.05) is 6.92 Å². The quantitative estimate of drug-likeness (QED) is 0.775. The zero-order valence-electron chi connectivity index (χ0n) is 9.62. The van der Waals surface area contributed by atoms with Gasteiger partial charge in [0.25, 0.3) is 0 Å². The number of alkyl halides is 3. The third-order valence-corrected chi connectivity index (χ3v) is 3.44. The number of nitriles is 1. The van der Waals surface area contributed by atoms with Crippen LogP contribution in [0.5, 0.6) is 0 Å².